The van der Waals surface area contributed by atoms with Gasteiger partial charge in [-0.25, -0.2) is 0 Å². The zero-order valence-electron chi connectivity index (χ0n) is 15.2. The lowest BCUT2D eigenvalue weighted by molar-refractivity contribution is -0.129. The van der Waals surface area contributed by atoms with Crippen molar-refractivity contribution in [1.82, 2.24) is 4.90 Å². The van der Waals surface area contributed by atoms with Crippen LogP contribution in [0.3, 0.4) is 0 Å². The molecule has 0 bridgehead atoms. The van der Waals surface area contributed by atoms with Crippen molar-refractivity contribution in [2.75, 3.05) is 19.0 Å². The van der Waals surface area contributed by atoms with Gasteiger partial charge in [0.15, 0.2) is 0 Å². The number of rotatable bonds is 7. The molecule has 2 aromatic rings. The molecule has 6 heteroatoms. The van der Waals surface area contributed by atoms with Gasteiger partial charge in [-0.3, -0.25) is 9.59 Å². The monoisotopic (exact) mass is 374 g/mol. The second kappa shape index (κ2) is 9.25. The normalized spacial score (nSPS) is 10.3. The second-order valence-corrected chi connectivity index (χ2v) is 6.45. The molecule has 0 unspecified atom stereocenters. The van der Waals surface area contributed by atoms with Gasteiger partial charge in [-0.2, -0.15) is 0 Å². The van der Waals surface area contributed by atoms with Gasteiger partial charge in [-0.1, -0.05) is 29.8 Å². The molecule has 0 saturated carbocycles. The van der Waals surface area contributed by atoms with Gasteiger partial charge >= 0.3 is 0 Å². The van der Waals surface area contributed by atoms with E-state index in [1.807, 2.05) is 31.2 Å². The third kappa shape index (κ3) is 5.49. The number of carbonyl (C=O) groups is 2. The average Bonchev–Trinajstić information content (AvgIpc) is 2.61. The molecule has 0 saturated heterocycles. The number of ether oxygens (including phenoxy) is 1. The van der Waals surface area contributed by atoms with Gasteiger partial charge in [0.25, 0.3) is 0 Å². The lowest BCUT2D eigenvalue weighted by atomic mass is 10.1. The van der Waals surface area contributed by atoms with Crippen LogP contribution < -0.4 is 10.1 Å². The van der Waals surface area contributed by atoms with E-state index >= 15 is 0 Å². The number of nitrogens with one attached hydrogen (secondary N) is 1. The molecule has 5 nitrogen and oxygen atoms in total. The third-order valence-electron chi connectivity index (χ3n) is 4.07. The molecule has 0 atom stereocenters. The Morgan fingerprint density at radius 1 is 1.19 bits per heavy atom. The van der Waals surface area contributed by atoms with Crippen LogP contribution in [0, 0.1) is 6.92 Å². The number of benzene rings is 2. The van der Waals surface area contributed by atoms with Gasteiger partial charge in [0.2, 0.25) is 11.8 Å². The summed E-state index contributed by atoms with van der Waals surface area (Å²) in [7, 11) is 1.60. The lowest BCUT2D eigenvalue weighted by Crippen LogP contribution is -2.31. The Labute approximate surface area is 158 Å². The van der Waals surface area contributed by atoms with Gasteiger partial charge in [0.05, 0.1) is 7.11 Å². The van der Waals surface area contributed by atoms with E-state index in [-0.39, 0.29) is 18.2 Å². The molecule has 0 aromatic heterocycles. The Kier molecular flexibility index (Phi) is 7.04. The van der Waals surface area contributed by atoms with Crippen molar-refractivity contribution in [3.8, 4) is 5.75 Å². The van der Waals surface area contributed by atoms with Crippen LogP contribution in [-0.4, -0.2) is 30.4 Å². The van der Waals surface area contributed by atoms with E-state index in [0.717, 1.165) is 22.6 Å². The van der Waals surface area contributed by atoms with Gasteiger partial charge in [-0.05, 0) is 36.8 Å². The van der Waals surface area contributed by atoms with Crippen LogP contribution in [0.15, 0.2) is 42.5 Å². The summed E-state index contributed by atoms with van der Waals surface area (Å²) in [4.78, 5) is 25.8. The van der Waals surface area contributed by atoms with Crippen molar-refractivity contribution in [2.45, 2.75) is 26.8 Å². The third-order valence-corrected chi connectivity index (χ3v) is 4.31. The van der Waals surface area contributed by atoms with E-state index in [1.165, 1.54) is 6.92 Å². The highest BCUT2D eigenvalue weighted by atomic mass is 35.5. The molecule has 2 rings (SSSR count). The highest BCUT2D eigenvalue weighted by Crippen LogP contribution is 2.21. The largest absolute Gasteiger partial charge is 0.496 e. The fraction of sp³-hybridized carbons (Fsp3) is 0.300. The van der Waals surface area contributed by atoms with Crippen LogP contribution in [-0.2, 0) is 16.1 Å². The summed E-state index contributed by atoms with van der Waals surface area (Å²) in [6.45, 7) is 4.10. The number of hydrogen-bond donors (Lipinski definition) is 1. The summed E-state index contributed by atoms with van der Waals surface area (Å²) in [5.41, 5.74) is 2.51. The number of halogens is 1. The van der Waals surface area contributed by atoms with E-state index in [1.54, 1.807) is 30.2 Å². The Bertz CT molecular complexity index is 792. The maximum absolute atomic E-state index is 12.2. The summed E-state index contributed by atoms with van der Waals surface area (Å²) < 4.78 is 5.33. The van der Waals surface area contributed by atoms with Crippen LogP contribution in [0.4, 0.5) is 5.69 Å². The standard InChI is InChI=1S/C20H23ClN2O3/c1-14-12-17(21)8-9-18(14)22-20(25)10-11-23(15(2)24)13-16-6-4-5-7-19(16)26-3/h4-9,12H,10-11,13H2,1-3H3,(H,22,25). The Balaban J connectivity index is 1.97. The molecule has 0 spiro atoms. The maximum Gasteiger partial charge on any atom is 0.226 e. The fourth-order valence-corrected chi connectivity index (χ4v) is 2.83. The minimum atomic E-state index is -0.151. The summed E-state index contributed by atoms with van der Waals surface area (Å²) in [5, 5.41) is 3.48. The molecule has 0 aliphatic heterocycles. The van der Waals surface area contributed by atoms with Crippen molar-refractivity contribution in [1.29, 1.82) is 0 Å². The predicted molar refractivity (Wildman–Crippen MR) is 104 cm³/mol. The number of nitrogens with zero attached hydrogens (tertiary/aromatic N) is 1. The minimum Gasteiger partial charge on any atom is -0.496 e. The predicted octanol–water partition coefficient (Wildman–Crippen LogP) is 4.03. The second-order valence-electron chi connectivity index (χ2n) is 6.01. The lowest BCUT2D eigenvalue weighted by Gasteiger charge is -2.22. The van der Waals surface area contributed by atoms with E-state index in [9.17, 15) is 9.59 Å². The molecule has 2 aromatic carbocycles. The number of anilines is 1. The molecule has 1 N–H and O–H groups in total. The molecule has 0 heterocycles. The highest BCUT2D eigenvalue weighted by molar-refractivity contribution is 6.30. The SMILES string of the molecule is COc1ccccc1CN(CCC(=O)Nc1ccc(Cl)cc1C)C(C)=O. The van der Waals surface area contributed by atoms with Crippen molar-refractivity contribution in [3.05, 3.63) is 58.6 Å². The first-order valence-corrected chi connectivity index (χ1v) is 8.72. The molecule has 0 aliphatic carbocycles. The van der Waals surface area contributed by atoms with Crippen LogP contribution in [0.25, 0.3) is 0 Å². The topological polar surface area (TPSA) is 58.6 Å². The van der Waals surface area contributed by atoms with Crippen molar-refractivity contribution in [3.63, 3.8) is 0 Å². The number of aryl methyl sites for hydroxylation is 1. The van der Waals surface area contributed by atoms with Gasteiger partial charge < -0.3 is 15.0 Å². The maximum atomic E-state index is 12.2. The van der Waals surface area contributed by atoms with E-state index in [0.29, 0.717) is 18.1 Å². The summed E-state index contributed by atoms with van der Waals surface area (Å²) in [6.07, 6.45) is 0.205. The highest BCUT2D eigenvalue weighted by Gasteiger charge is 2.14. The summed E-state index contributed by atoms with van der Waals surface area (Å²) >= 11 is 5.93. The Morgan fingerprint density at radius 2 is 1.92 bits per heavy atom. The first-order chi connectivity index (χ1) is 12.4. The van der Waals surface area contributed by atoms with Crippen LogP contribution in [0.1, 0.15) is 24.5 Å². The quantitative estimate of drug-likeness (QED) is 0.795. The Hall–Kier alpha value is -2.53. The minimum absolute atomic E-state index is 0.0913. The molecular formula is C20H23ClN2O3. The van der Waals surface area contributed by atoms with Gasteiger partial charge in [0, 0.05) is 42.7 Å². The molecule has 0 radical (unpaired) electrons. The van der Waals surface area contributed by atoms with E-state index in [4.69, 9.17) is 16.3 Å². The van der Waals surface area contributed by atoms with Gasteiger partial charge in [-0.15, -0.1) is 0 Å². The van der Waals surface area contributed by atoms with Gasteiger partial charge in [0.1, 0.15) is 5.75 Å². The first kappa shape index (κ1) is 19.8. The fourth-order valence-electron chi connectivity index (χ4n) is 2.60. The molecule has 0 fully saturated rings. The molecule has 138 valence electrons. The summed E-state index contributed by atoms with van der Waals surface area (Å²) in [5.74, 6) is 0.480. The van der Waals surface area contributed by atoms with Crippen molar-refractivity contribution >= 4 is 29.1 Å². The number of carbonyl (C=O) groups excluding carboxylic acids is 2. The first-order valence-electron chi connectivity index (χ1n) is 8.34. The smallest absolute Gasteiger partial charge is 0.226 e. The average molecular weight is 375 g/mol. The number of hydrogen-bond acceptors (Lipinski definition) is 3. The molecular weight excluding hydrogens is 352 g/mol. The number of methoxy groups -OCH3 is 1. The summed E-state index contributed by atoms with van der Waals surface area (Å²) in [6, 6.07) is 12.8. The van der Waals surface area contributed by atoms with Crippen molar-refractivity contribution < 1.29 is 14.3 Å². The van der Waals surface area contributed by atoms with Crippen LogP contribution >= 0.6 is 11.6 Å². The zero-order chi connectivity index (χ0) is 19.1. The zero-order valence-corrected chi connectivity index (χ0v) is 16.0. The van der Waals surface area contributed by atoms with Crippen LogP contribution in [0.5, 0.6) is 5.75 Å². The van der Waals surface area contributed by atoms with E-state index < -0.39 is 0 Å². The number of para-hydroxylation sites is 1. The number of amides is 2. The van der Waals surface area contributed by atoms with Crippen LogP contribution in [0.2, 0.25) is 5.02 Å². The Morgan fingerprint density at radius 3 is 2.58 bits per heavy atom. The molecule has 26 heavy (non-hydrogen) atoms. The van der Waals surface area contributed by atoms with Crippen molar-refractivity contribution in [2.24, 2.45) is 0 Å². The van der Waals surface area contributed by atoms with E-state index in [2.05, 4.69) is 5.32 Å². The molecule has 2 amide bonds. The molecule has 0 aliphatic rings.